The van der Waals surface area contributed by atoms with E-state index in [9.17, 15) is 9.50 Å². The SMILES string of the molecule is CC#Cc1cncc(-c2cc(C3(CF)N=C(N)OC4CCC43)c(F)cc2CO)c1. The predicted molar refractivity (Wildman–Crippen MR) is 105 cm³/mol. The average molecular weight is 397 g/mol. The molecule has 5 nitrogen and oxygen atoms in total. The number of nitrogens with zero attached hydrogens (tertiary/aromatic N) is 2. The number of fused-ring (bicyclic) bond motifs is 1. The molecule has 1 aliphatic carbocycles. The lowest BCUT2D eigenvalue weighted by Crippen LogP contribution is -2.55. The van der Waals surface area contributed by atoms with Gasteiger partial charge < -0.3 is 15.6 Å². The molecule has 1 aliphatic heterocycles. The molecule has 7 heteroatoms. The Hall–Kier alpha value is -2.98. The molecular formula is C22H21F2N3O2. The number of alkyl halides is 1. The van der Waals surface area contributed by atoms with Gasteiger partial charge in [0.1, 0.15) is 24.1 Å². The summed E-state index contributed by atoms with van der Waals surface area (Å²) >= 11 is 0. The minimum Gasteiger partial charge on any atom is -0.462 e. The van der Waals surface area contributed by atoms with Gasteiger partial charge in [0.25, 0.3) is 6.02 Å². The Kier molecular flexibility index (Phi) is 4.97. The minimum atomic E-state index is -1.44. The van der Waals surface area contributed by atoms with Gasteiger partial charge in [0.15, 0.2) is 0 Å². The van der Waals surface area contributed by atoms with Gasteiger partial charge in [-0.1, -0.05) is 5.92 Å². The number of hydrogen-bond acceptors (Lipinski definition) is 5. The molecule has 1 aromatic heterocycles. The van der Waals surface area contributed by atoms with Gasteiger partial charge in [0.05, 0.1) is 6.61 Å². The van der Waals surface area contributed by atoms with Gasteiger partial charge in [0.2, 0.25) is 0 Å². The Balaban J connectivity index is 1.91. The number of aliphatic imine (C=N–C) groups is 1. The monoisotopic (exact) mass is 397 g/mol. The van der Waals surface area contributed by atoms with Crippen LogP contribution in [0.4, 0.5) is 8.78 Å². The van der Waals surface area contributed by atoms with E-state index in [0.29, 0.717) is 28.7 Å². The fourth-order valence-corrected chi connectivity index (χ4v) is 4.22. The van der Waals surface area contributed by atoms with Crippen LogP contribution in [0.15, 0.2) is 35.6 Å². The fourth-order valence-electron chi connectivity index (χ4n) is 4.22. The Labute approximate surface area is 167 Å². The molecule has 3 N–H and O–H groups in total. The molecule has 1 fully saturated rings. The van der Waals surface area contributed by atoms with Crippen LogP contribution in [0.3, 0.4) is 0 Å². The molecule has 0 bridgehead atoms. The zero-order chi connectivity index (χ0) is 20.6. The summed E-state index contributed by atoms with van der Waals surface area (Å²) in [5.74, 6) is 4.81. The minimum absolute atomic E-state index is 0.111. The number of halogens is 2. The number of aromatic nitrogens is 1. The van der Waals surface area contributed by atoms with Crippen molar-refractivity contribution in [3.05, 3.63) is 53.1 Å². The highest BCUT2D eigenvalue weighted by molar-refractivity contribution is 5.74. The Morgan fingerprint density at radius 3 is 2.79 bits per heavy atom. The summed E-state index contributed by atoms with van der Waals surface area (Å²) in [6.45, 7) is 0.446. The molecule has 2 heterocycles. The maximum Gasteiger partial charge on any atom is 0.283 e. The summed E-state index contributed by atoms with van der Waals surface area (Å²) in [4.78, 5) is 8.43. The van der Waals surface area contributed by atoms with Crippen molar-refractivity contribution in [2.24, 2.45) is 16.6 Å². The van der Waals surface area contributed by atoms with Crippen molar-refractivity contribution in [3.63, 3.8) is 0 Å². The van der Waals surface area contributed by atoms with Crippen LogP contribution in [0, 0.1) is 23.6 Å². The standard InChI is InChI=1S/C22H21F2N3O2/c1-2-3-13-6-14(10-26-9-13)16-8-18(19(24)7-15(16)11-28)22(12-23)17-4-5-20(17)29-21(25)27-22/h6-10,17,20,28H,4-5,11-12H2,1H3,(H2,25,27). The number of nitrogens with two attached hydrogens (primary N) is 1. The summed E-state index contributed by atoms with van der Waals surface area (Å²) in [7, 11) is 0. The summed E-state index contributed by atoms with van der Waals surface area (Å²) in [6, 6.07) is 4.46. The summed E-state index contributed by atoms with van der Waals surface area (Å²) < 4.78 is 35.1. The van der Waals surface area contributed by atoms with E-state index >= 15 is 4.39 Å². The van der Waals surface area contributed by atoms with Gasteiger partial charge in [-0.15, -0.1) is 5.92 Å². The summed E-state index contributed by atoms with van der Waals surface area (Å²) in [6.07, 6.45) is 4.35. The number of benzene rings is 1. The van der Waals surface area contributed by atoms with E-state index in [0.717, 1.165) is 6.42 Å². The summed E-state index contributed by atoms with van der Waals surface area (Å²) in [5, 5.41) is 9.79. The number of rotatable bonds is 4. The van der Waals surface area contributed by atoms with E-state index in [1.54, 1.807) is 31.5 Å². The molecule has 150 valence electrons. The fraction of sp³-hybridized carbons (Fsp3) is 0.364. The van der Waals surface area contributed by atoms with Gasteiger partial charge >= 0.3 is 0 Å². The highest BCUT2D eigenvalue weighted by Gasteiger charge is 2.54. The third-order valence-electron chi connectivity index (χ3n) is 5.76. The van der Waals surface area contributed by atoms with Crippen LogP contribution >= 0.6 is 0 Å². The van der Waals surface area contributed by atoms with E-state index < -0.39 is 18.0 Å². The molecule has 0 spiro atoms. The lowest BCUT2D eigenvalue weighted by molar-refractivity contribution is -0.0433. The first-order valence-corrected chi connectivity index (χ1v) is 9.42. The van der Waals surface area contributed by atoms with Crippen LogP contribution in [0.2, 0.25) is 0 Å². The number of ether oxygens (including phenoxy) is 1. The van der Waals surface area contributed by atoms with E-state index in [4.69, 9.17) is 10.5 Å². The van der Waals surface area contributed by atoms with Crippen LogP contribution in [-0.4, -0.2) is 28.9 Å². The largest absolute Gasteiger partial charge is 0.462 e. The molecular weight excluding hydrogens is 376 g/mol. The van der Waals surface area contributed by atoms with E-state index in [-0.39, 0.29) is 30.2 Å². The number of pyridine rings is 1. The van der Waals surface area contributed by atoms with Crippen molar-refractivity contribution in [2.75, 3.05) is 6.67 Å². The molecule has 0 saturated heterocycles. The average Bonchev–Trinajstić information content (AvgIpc) is 2.70. The van der Waals surface area contributed by atoms with Crippen LogP contribution in [0.25, 0.3) is 11.1 Å². The number of amidine groups is 1. The molecule has 2 aromatic rings. The normalized spacial score (nSPS) is 25.0. The van der Waals surface area contributed by atoms with Crippen molar-refractivity contribution >= 4 is 6.02 Å². The van der Waals surface area contributed by atoms with Crippen LogP contribution in [0.1, 0.15) is 36.5 Å². The third-order valence-corrected chi connectivity index (χ3v) is 5.76. The van der Waals surface area contributed by atoms with E-state index in [2.05, 4.69) is 21.8 Å². The van der Waals surface area contributed by atoms with Crippen molar-refractivity contribution < 1.29 is 18.6 Å². The van der Waals surface area contributed by atoms with Crippen molar-refractivity contribution in [3.8, 4) is 23.0 Å². The van der Waals surface area contributed by atoms with Crippen LogP contribution < -0.4 is 5.73 Å². The Morgan fingerprint density at radius 1 is 1.31 bits per heavy atom. The van der Waals surface area contributed by atoms with Gasteiger partial charge in [0, 0.05) is 35.0 Å². The number of hydrogen-bond donors (Lipinski definition) is 2. The van der Waals surface area contributed by atoms with Crippen LogP contribution in [-0.2, 0) is 16.9 Å². The number of aliphatic hydroxyl groups excluding tert-OH is 1. The highest BCUT2D eigenvalue weighted by atomic mass is 19.1. The smallest absolute Gasteiger partial charge is 0.283 e. The van der Waals surface area contributed by atoms with Gasteiger partial charge in [-0.3, -0.25) is 4.98 Å². The zero-order valence-electron chi connectivity index (χ0n) is 16.0. The molecule has 0 amide bonds. The van der Waals surface area contributed by atoms with E-state index in [1.165, 1.54) is 6.07 Å². The quantitative estimate of drug-likeness (QED) is 0.777. The predicted octanol–water partition coefficient (Wildman–Crippen LogP) is 3.04. The number of aliphatic hydroxyl groups is 1. The van der Waals surface area contributed by atoms with Gasteiger partial charge in [-0.25, -0.2) is 13.8 Å². The lowest BCUT2D eigenvalue weighted by atomic mass is 9.65. The lowest BCUT2D eigenvalue weighted by Gasteiger charge is -2.49. The second-order valence-electron chi connectivity index (χ2n) is 7.33. The Bertz CT molecular complexity index is 1040. The molecule has 2 aliphatic rings. The third kappa shape index (κ3) is 3.14. The topological polar surface area (TPSA) is 80.7 Å². The van der Waals surface area contributed by atoms with Crippen molar-refractivity contribution in [2.45, 2.75) is 38.0 Å². The molecule has 3 unspecified atom stereocenters. The maximum absolute atomic E-state index is 15.1. The van der Waals surface area contributed by atoms with Crippen molar-refractivity contribution in [1.29, 1.82) is 0 Å². The molecule has 3 atom stereocenters. The highest BCUT2D eigenvalue weighted by Crippen LogP contribution is 2.50. The van der Waals surface area contributed by atoms with E-state index in [1.807, 2.05) is 0 Å². The maximum atomic E-state index is 15.1. The van der Waals surface area contributed by atoms with Crippen molar-refractivity contribution in [1.82, 2.24) is 4.98 Å². The first-order chi connectivity index (χ1) is 14.0. The second kappa shape index (κ2) is 7.45. The van der Waals surface area contributed by atoms with Gasteiger partial charge in [-0.05, 0) is 49.1 Å². The zero-order valence-corrected chi connectivity index (χ0v) is 16.0. The summed E-state index contributed by atoms with van der Waals surface area (Å²) in [5.41, 5.74) is 6.73. The Morgan fingerprint density at radius 2 is 2.14 bits per heavy atom. The molecule has 1 aromatic carbocycles. The molecule has 0 radical (unpaired) electrons. The molecule has 1 saturated carbocycles. The first kappa shape index (κ1) is 19.3. The van der Waals surface area contributed by atoms with Crippen LogP contribution in [0.5, 0.6) is 0 Å². The first-order valence-electron chi connectivity index (χ1n) is 9.42. The molecule has 4 rings (SSSR count). The molecule has 29 heavy (non-hydrogen) atoms. The second-order valence-corrected chi connectivity index (χ2v) is 7.33. The van der Waals surface area contributed by atoms with Gasteiger partial charge in [-0.2, -0.15) is 0 Å².